The molecule has 0 N–H and O–H groups in total. The summed E-state index contributed by atoms with van der Waals surface area (Å²) >= 11 is 0. The van der Waals surface area contributed by atoms with Gasteiger partial charge in [0.2, 0.25) is 0 Å². The zero-order valence-electron chi connectivity index (χ0n) is 10.4. The lowest BCUT2D eigenvalue weighted by Gasteiger charge is -2.39. The van der Waals surface area contributed by atoms with Gasteiger partial charge >= 0.3 is 8.80 Å². The second kappa shape index (κ2) is 6.10. The summed E-state index contributed by atoms with van der Waals surface area (Å²) in [5.41, 5.74) is 0. The first-order chi connectivity index (χ1) is 7.53. The van der Waals surface area contributed by atoms with Crippen LogP contribution in [0.25, 0.3) is 0 Å². The van der Waals surface area contributed by atoms with Crippen LogP contribution in [0.1, 0.15) is 13.3 Å². The average Bonchev–Trinajstić information content (AvgIpc) is 2.35. The maximum Gasteiger partial charge on any atom is 0.518 e. The highest BCUT2D eigenvalue weighted by molar-refractivity contribution is 6.70. The third-order valence-electron chi connectivity index (χ3n) is 2.88. The van der Waals surface area contributed by atoms with Crippen molar-refractivity contribution in [1.29, 1.82) is 0 Å². The second-order valence-corrected chi connectivity index (χ2v) is 6.50. The summed E-state index contributed by atoms with van der Waals surface area (Å²) in [5, 5.41) is -0.965. The summed E-state index contributed by atoms with van der Waals surface area (Å²) < 4.78 is 16.1. The molecule has 0 fully saturated rings. The van der Waals surface area contributed by atoms with Gasteiger partial charge in [0, 0.05) is 21.3 Å². The van der Waals surface area contributed by atoms with E-state index in [1.165, 1.54) is 27.4 Å². The second-order valence-electron chi connectivity index (χ2n) is 3.27. The number of allylic oxidation sites excluding steroid dienone is 2. The lowest BCUT2D eigenvalue weighted by Crippen LogP contribution is -2.56. The highest BCUT2D eigenvalue weighted by Gasteiger charge is 2.60. The predicted octanol–water partition coefficient (Wildman–Crippen LogP) is 1.96. The molecule has 0 aliphatic rings. The molecule has 0 aromatic heterocycles. The fourth-order valence-corrected chi connectivity index (χ4v) is 4.57. The minimum absolute atomic E-state index is 0.192. The minimum Gasteiger partial charge on any atom is -0.376 e. The lowest BCUT2D eigenvalue weighted by atomic mass is 10.00. The Kier molecular flexibility index (Phi) is 5.81. The van der Waals surface area contributed by atoms with Crippen LogP contribution in [0.5, 0.6) is 0 Å². The van der Waals surface area contributed by atoms with Gasteiger partial charge in [0.1, 0.15) is 5.04 Å². The van der Waals surface area contributed by atoms with Crippen molar-refractivity contribution >= 4 is 14.6 Å². The number of carbonyl (C=O) groups excluding carboxylic acids is 1. The van der Waals surface area contributed by atoms with Crippen LogP contribution in [0.2, 0.25) is 5.04 Å². The fourth-order valence-electron chi connectivity index (χ4n) is 1.89. The predicted molar refractivity (Wildman–Crippen MR) is 65.2 cm³/mol. The molecule has 92 valence electrons. The molecule has 1 atom stereocenters. The summed E-state index contributed by atoms with van der Waals surface area (Å²) in [6, 6.07) is 0. The van der Waals surface area contributed by atoms with Crippen LogP contribution >= 0.6 is 0 Å². The maximum atomic E-state index is 12.0. The molecule has 0 spiro atoms. The van der Waals surface area contributed by atoms with Gasteiger partial charge in [0.15, 0.2) is 5.78 Å². The number of rotatable bonds is 8. The highest BCUT2D eigenvalue weighted by Crippen LogP contribution is 2.45. The first-order valence-electron chi connectivity index (χ1n) is 5.00. The quantitative estimate of drug-likeness (QED) is 0.372. The molecule has 0 saturated carbocycles. The number of hydrogen-bond acceptors (Lipinski definition) is 4. The minimum atomic E-state index is -3.12. The number of ketones is 1. The normalized spacial score (nSPS) is 15.2. The third kappa shape index (κ3) is 2.03. The van der Waals surface area contributed by atoms with Crippen LogP contribution in [0.3, 0.4) is 0 Å². The summed E-state index contributed by atoms with van der Waals surface area (Å²) in [4.78, 5) is 12.0. The summed E-state index contributed by atoms with van der Waals surface area (Å²) in [7, 11) is 1.31. The molecular weight excluding hydrogens is 224 g/mol. The Hall–Kier alpha value is -0.753. The van der Waals surface area contributed by atoms with E-state index in [4.69, 9.17) is 13.3 Å². The molecule has 0 rings (SSSR count). The summed E-state index contributed by atoms with van der Waals surface area (Å²) in [5.74, 6) is -0.192. The van der Waals surface area contributed by atoms with E-state index < -0.39 is 13.8 Å². The monoisotopic (exact) mass is 244 g/mol. The van der Waals surface area contributed by atoms with Crippen molar-refractivity contribution in [2.24, 2.45) is 0 Å². The molecule has 0 amide bonds. The SMILES string of the molecule is C=CC(=O)C(C=C)(CC)[Si](OC)(OC)OC. The van der Waals surface area contributed by atoms with Crippen LogP contribution in [0, 0.1) is 0 Å². The van der Waals surface area contributed by atoms with Gasteiger partial charge in [0.05, 0.1) is 0 Å². The summed E-state index contributed by atoms with van der Waals surface area (Å²) in [6.45, 7) is 9.07. The van der Waals surface area contributed by atoms with Gasteiger partial charge in [-0.25, -0.2) is 0 Å². The van der Waals surface area contributed by atoms with Gasteiger partial charge in [-0.05, 0) is 12.5 Å². The van der Waals surface area contributed by atoms with Gasteiger partial charge in [-0.2, -0.15) is 0 Å². The Bertz CT molecular complexity index is 265. The van der Waals surface area contributed by atoms with Gasteiger partial charge < -0.3 is 13.3 Å². The molecule has 16 heavy (non-hydrogen) atoms. The molecule has 0 aromatic carbocycles. The van der Waals surface area contributed by atoms with Crippen molar-refractivity contribution in [3.8, 4) is 0 Å². The van der Waals surface area contributed by atoms with Crippen molar-refractivity contribution in [2.75, 3.05) is 21.3 Å². The van der Waals surface area contributed by atoms with E-state index in [2.05, 4.69) is 13.2 Å². The smallest absolute Gasteiger partial charge is 0.376 e. The van der Waals surface area contributed by atoms with Crippen molar-refractivity contribution in [3.05, 3.63) is 25.3 Å². The Balaban J connectivity index is 5.71. The van der Waals surface area contributed by atoms with Crippen LogP contribution < -0.4 is 0 Å². The van der Waals surface area contributed by atoms with Gasteiger partial charge in [0.25, 0.3) is 0 Å². The molecule has 0 aromatic rings. The topological polar surface area (TPSA) is 44.8 Å². The van der Waals surface area contributed by atoms with Crippen molar-refractivity contribution in [3.63, 3.8) is 0 Å². The molecule has 0 bridgehead atoms. The van der Waals surface area contributed by atoms with Crippen molar-refractivity contribution in [2.45, 2.75) is 18.4 Å². The molecule has 0 aliphatic heterocycles. The largest absolute Gasteiger partial charge is 0.518 e. The molecule has 0 saturated heterocycles. The van der Waals surface area contributed by atoms with E-state index >= 15 is 0 Å². The van der Waals surface area contributed by atoms with Crippen LogP contribution in [0.15, 0.2) is 25.3 Å². The van der Waals surface area contributed by atoms with Gasteiger partial charge in [-0.3, -0.25) is 4.79 Å². The molecule has 0 heterocycles. The summed E-state index contributed by atoms with van der Waals surface area (Å²) in [6.07, 6.45) is 3.28. The zero-order chi connectivity index (χ0) is 12.8. The molecule has 0 aliphatic carbocycles. The molecule has 1 unspecified atom stereocenters. The van der Waals surface area contributed by atoms with E-state index in [1.807, 2.05) is 6.92 Å². The molecular formula is C11H20O4Si. The van der Waals surface area contributed by atoms with E-state index in [0.29, 0.717) is 6.42 Å². The van der Waals surface area contributed by atoms with Crippen LogP contribution in [-0.4, -0.2) is 35.9 Å². The average molecular weight is 244 g/mol. The van der Waals surface area contributed by atoms with E-state index in [-0.39, 0.29) is 5.78 Å². The van der Waals surface area contributed by atoms with Crippen LogP contribution in [-0.2, 0) is 18.1 Å². The Labute approximate surface area is 98.3 Å². The number of hydrogen-bond donors (Lipinski definition) is 0. The highest BCUT2D eigenvalue weighted by atomic mass is 28.4. The molecule has 4 nitrogen and oxygen atoms in total. The first kappa shape index (κ1) is 15.2. The van der Waals surface area contributed by atoms with Crippen LogP contribution in [0.4, 0.5) is 0 Å². The lowest BCUT2D eigenvalue weighted by molar-refractivity contribution is -0.118. The third-order valence-corrected chi connectivity index (χ3v) is 6.39. The standard InChI is InChI=1S/C11H20O4Si/c1-7-10(12)11(8-2,9-3)16(13-4,14-5)15-6/h7-8H,1-2,9H2,3-6H3. The maximum absolute atomic E-state index is 12.0. The molecule has 0 radical (unpaired) electrons. The Morgan fingerprint density at radius 3 is 1.88 bits per heavy atom. The fraction of sp³-hybridized carbons (Fsp3) is 0.545. The van der Waals surface area contributed by atoms with E-state index in [9.17, 15) is 4.79 Å². The van der Waals surface area contributed by atoms with E-state index in [0.717, 1.165) is 0 Å². The molecule has 5 heteroatoms. The Morgan fingerprint density at radius 1 is 1.25 bits per heavy atom. The zero-order valence-corrected chi connectivity index (χ0v) is 11.4. The van der Waals surface area contributed by atoms with Crippen molar-refractivity contribution in [1.82, 2.24) is 0 Å². The first-order valence-corrected chi connectivity index (χ1v) is 6.72. The van der Waals surface area contributed by atoms with Gasteiger partial charge in [-0.15, -0.1) is 6.58 Å². The van der Waals surface area contributed by atoms with Crippen molar-refractivity contribution < 1.29 is 18.1 Å². The Morgan fingerprint density at radius 2 is 1.69 bits per heavy atom. The number of carbonyl (C=O) groups is 1. The van der Waals surface area contributed by atoms with Gasteiger partial charge in [-0.1, -0.05) is 19.6 Å². The van der Waals surface area contributed by atoms with E-state index in [1.54, 1.807) is 6.08 Å².